The molecule has 0 aromatic rings. The molecule has 17 heavy (non-hydrogen) atoms. The number of nitrogens with two attached hydrogens (primary N) is 1. The maximum absolute atomic E-state index is 5.91. The van der Waals surface area contributed by atoms with E-state index in [-0.39, 0.29) is 0 Å². The van der Waals surface area contributed by atoms with E-state index in [0.717, 1.165) is 11.3 Å². The van der Waals surface area contributed by atoms with Crippen molar-refractivity contribution in [1.82, 2.24) is 0 Å². The third kappa shape index (κ3) is 6.15. The van der Waals surface area contributed by atoms with Gasteiger partial charge in [-0.25, -0.2) is 4.99 Å². The van der Waals surface area contributed by atoms with Crippen LogP contribution in [0.4, 0.5) is 0 Å². The van der Waals surface area contributed by atoms with Crippen molar-refractivity contribution in [3.05, 3.63) is 73.0 Å². The van der Waals surface area contributed by atoms with Gasteiger partial charge in [-0.1, -0.05) is 49.6 Å². The van der Waals surface area contributed by atoms with Crippen LogP contribution in [-0.4, -0.2) is 5.84 Å². The van der Waals surface area contributed by atoms with Crippen LogP contribution in [0.15, 0.2) is 78.0 Å². The van der Waals surface area contributed by atoms with E-state index >= 15 is 0 Å². The van der Waals surface area contributed by atoms with E-state index in [4.69, 9.17) is 5.73 Å². The van der Waals surface area contributed by atoms with Gasteiger partial charge in [-0.3, -0.25) is 0 Å². The highest BCUT2D eigenvalue weighted by Crippen LogP contribution is 2.04. The molecule has 0 aliphatic rings. The fraction of sp³-hybridized carbons (Fsp3) is 0.133. The molecular weight excluding hydrogens is 208 g/mol. The summed E-state index contributed by atoms with van der Waals surface area (Å²) in [4.78, 5) is 4.29. The van der Waals surface area contributed by atoms with E-state index in [2.05, 4.69) is 18.2 Å². The van der Waals surface area contributed by atoms with Gasteiger partial charge in [-0.2, -0.15) is 0 Å². The molecule has 0 radical (unpaired) electrons. The van der Waals surface area contributed by atoms with Gasteiger partial charge in [-0.05, 0) is 26.0 Å². The van der Waals surface area contributed by atoms with E-state index in [1.807, 2.05) is 50.3 Å². The number of nitrogens with zero attached hydrogens (tertiary/aromatic N) is 1. The van der Waals surface area contributed by atoms with Gasteiger partial charge in [-0.15, -0.1) is 0 Å². The van der Waals surface area contributed by atoms with E-state index in [0.29, 0.717) is 5.84 Å². The molecular formula is C15H20N2. The summed E-state index contributed by atoms with van der Waals surface area (Å²) >= 11 is 0. The topological polar surface area (TPSA) is 38.4 Å². The molecule has 0 saturated carbocycles. The van der Waals surface area contributed by atoms with Crippen molar-refractivity contribution in [3.8, 4) is 0 Å². The Bertz CT molecular complexity index is 405. The van der Waals surface area contributed by atoms with Gasteiger partial charge in [0.25, 0.3) is 0 Å². The Morgan fingerprint density at radius 1 is 1.12 bits per heavy atom. The minimum Gasteiger partial charge on any atom is -0.383 e. The SMILES string of the molecule is C=C/C=C(\C=C/C)C(/N)=N\C(C=C)=C\C=C/C. The lowest BCUT2D eigenvalue weighted by Crippen LogP contribution is -2.13. The number of rotatable bonds is 6. The Labute approximate surface area is 104 Å². The van der Waals surface area contributed by atoms with Crippen molar-refractivity contribution in [2.24, 2.45) is 10.7 Å². The summed E-state index contributed by atoms with van der Waals surface area (Å²) in [5, 5.41) is 0. The lowest BCUT2D eigenvalue weighted by atomic mass is 10.2. The van der Waals surface area contributed by atoms with Crippen LogP contribution in [0, 0.1) is 0 Å². The highest BCUT2D eigenvalue weighted by atomic mass is 14.9. The molecule has 0 aliphatic carbocycles. The monoisotopic (exact) mass is 228 g/mol. The zero-order valence-corrected chi connectivity index (χ0v) is 10.6. The molecule has 2 nitrogen and oxygen atoms in total. The first-order valence-corrected chi connectivity index (χ1v) is 5.45. The molecule has 0 spiro atoms. The quantitative estimate of drug-likeness (QED) is 0.420. The second-order valence-electron chi connectivity index (χ2n) is 3.18. The molecule has 2 heteroatoms. The van der Waals surface area contributed by atoms with Gasteiger partial charge in [0.2, 0.25) is 0 Å². The van der Waals surface area contributed by atoms with Crippen LogP contribution in [0.25, 0.3) is 0 Å². The molecule has 2 N–H and O–H groups in total. The number of hydrogen-bond donors (Lipinski definition) is 1. The number of amidine groups is 1. The van der Waals surface area contributed by atoms with Crippen LogP contribution in [0.5, 0.6) is 0 Å². The Morgan fingerprint density at radius 3 is 2.29 bits per heavy atom. The predicted molar refractivity (Wildman–Crippen MR) is 77.8 cm³/mol. The fourth-order valence-electron chi connectivity index (χ4n) is 1.08. The first-order valence-electron chi connectivity index (χ1n) is 5.45. The largest absolute Gasteiger partial charge is 0.383 e. The molecule has 90 valence electrons. The van der Waals surface area contributed by atoms with Crippen molar-refractivity contribution in [3.63, 3.8) is 0 Å². The summed E-state index contributed by atoms with van der Waals surface area (Å²) < 4.78 is 0. The predicted octanol–water partition coefficient (Wildman–Crippen LogP) is 3.68. The molecule has 0 rings (SSSR count). The average Bonchev–Trinajstić information content (AvgIpc) is 2.33. The van der Waals surface area contributed by atoms with Crippen molar-refractivity contribution in [2.45, 2.75) is 13.8 Å². The van der Waals surface area contributed by atoms with Crippen LogP contribution in [0.2, 0.25) is 0 Å². The maximum Gasteiger partial charge on any atom is 0.131 e. The Kier molecular flexibility index (Phi) is 8.03. The smallest absolute Gasteiger partial charge is 0.131 e. The lowest BCUT2D eigenvalue weighted by molar-refractivity contribution is 1.37. The summed E-state index contributed by atoms with van der Waals surface area (Å²) in [7, 11) is 0. The standard InChI is InChI=1S/C15H20N2/c1-5-9-12-14(8-4)17-15(16)13(10-6-2)11-7-3/h5-12H,2,4H2,1,3H3,(H2,16,17)/b9-5-,11-7-,13-10+,14-12+. The molecule has 0 unspecified atom stereocenters. The van der Waals surface area contributed by atoms with E-state index < -0.39 is 0 Å². The minimum atomic E-state index is 0.443. The number of hydrogen-bond acceptors (Lipinski definition) is 1. The van der Waals surface area contributed by atoms with Crippen LogP contribution in [0.1, 0.15) is 13.8 Å². The van der Waals surface area contributed by atoms with Crippen LogP contribution in [0.3, 0.4) is 0 Å². The third-order valence-corrected chi connectivity index (χ3v) is 1.86. The summed E-state index contributed by atoms with van der Waals surface area (Å²) in [6.07, 6.45) is 14.6. The van der Waals surface area contributed by atoms with Crippen molar-refractivity contribution < 1.29 is 0 Å². The van der Waals surface area contributed by atoms with Gasteiger partial charge < -0.3 is 5.73 Å². The Balaban J connectivity index is 5.22. The summed E-state index contributed by atoms with van der Waals surface area (Å²) in [5.74, 6) is 0.443. The van der Waals surface area contributed by atoms with Gasteiger partial charge in [0.15, 0.2) is 0 Å². The van der Waals surface area contributed by atoms with Gasteiger partial charge in [0.05, 0.1) is 5.70 Å². The highest BCUT2D eigenvalue weighted by Gasteiger charge is 1.97. The first kappa shape index (κ1) is 14.9. The zero-order valence-electron chi connectivity index (χ0n) is 10.6. The van der Waals surface area contributed by atoms with Gasteiger partial charge >= 0.3 is 0 Å². The number of aliphatic imine (C=N–C) groups is 1. The maximum atomic E-state index is 5.91. The fourth-order valence-corrected chi connectivity index (χ4v) is 1.08. The zero-order chi connectivity index (χ0) is 13.1. The molecule has 0 aromatic heterocycles. The number of allylic oxidation sites excluding steroid dienone is 7. The molecule has 0 heterocycles. The van der Waals surface area contributed by atoms with Crippen LogP contribution in [-0.2, 0) is 0 Å². The molecule has 0 aliphatic heterocycles. The van der Waals surface area contributed by atoms with Crippen molar-refractivity contribution in [2.75, 3.05) is 0 Å². The van der Waals surface area contributed by atoms with E-state index in [9.17, 15) is 0 Å². The molecule has 0 atom stereocenters. The van der Waals surface area contributed by atoms with Crippen LogP contribution < -0.4 is 5.73 Å². The molecule has 0 fully saturated rings. The van der Waals surface area contributed by atoms with Crippen LogP contribution >= 0.6 is 0 Å². The summed E-state index contributed by atoms with van der Waals surface area (Å²) in [5.41, 5.74) is 7.46. The Morgan fingerprint density at radius 2 is 1.82 bits per heavy atom. The van der Waals surface area contributed by atoms with E-state index in [1.165, 1.54) is 0 Å². The second-order valence-corrected chi connectivity index (χ2v) is 3.18. The average molecular weight is 228 g/mol. The molecule has 0 saturated heterocycles. The van der Waals surface area contributed by atoms with Crippen molar-refractivity contribution >= 4 is 5.84 Å². The van der Waals surface area contributed by atoms with E-state index in [1.54, 1.807) is 12.2 Å². The van der Waals surface area contributed by atoms with Crippen molar-refractivity contribution in [1.29, 1.82) is 0 Å². The first-order chi connectivity index (χ1) is 8.19. The Hall–Kier alpha value is -2.09. The normalized spacial score (nSPS) is 14.6. The summed E-state index contributed by atoms with van der Waals surface area (Å²) in [6, 6.07) is 0. The highest BCUT2D eigenvalue weighted by molar-refractivity contribution is 6.00. The van der Waals surface area contributed by atoms with Gasteiger partial charge in [0, 0.05) is 5.57 Å². The molecule has 0 amide bonds. The summed E-state index contributed by atoms with van der Waals surface area (Å²) in [6.45, 7) is 11.2. The molecule has 0 bridgehead atoms. The third-order valence-electron chi connectivity index (χ3n) is 1.86. The molecule has 0 aromatic carbocycles. The second kappa shape index (κ2) is 9.16. The van der Waals surface area contributed by atoms with Gasteiger partial charge in [0.1, 0.15) is 5.84 Å². The lowest BCUT2D eigenvalue weighted by Gasteiger charge is -2.01. The minimum absolute atomic E-state index is 0.443.